The first-order chi connectivity index (χ1) is 15.6. The first-order valence-electron chi connectivity index (χ1n) is 10.9. The van der Waals surface area contributed by atoms with Crippen LogP contribution in [-0.2, 0) is 17.8 Å². The van der Waals surface area contributed by atoms with Gasteiger partial charge in [-0.3, -0.25) is 14.6 Å². The van der Waals surface area contributed by atoms with Gasteiger partial charge in [0, 0.05) is 43.3 Å². The number of hydrogen-bond donors (Lipinski definition) is 1. The van der Waals surface area contributed by atoms with Crippen molar-refractivity contribution in [2.75, 3.05) is 39.3 Å². The van der Waals surface area contributed by atoms with E-state index in [1.54, 1.807) is 0 Å². The maximum Gasteiger partial charge on any atom is 0.241 e. The number of rotatable bonds is 8. The molecule has 8 heteroatoms. The summed E-state index contributed by atoms with van der Waals surface area (Å²) in [6.07, 6.45) is 0.797. The Bertz CT molecular complexity index is 1030. The molecule has 1 fully saturated rings. The molecule has 3 aromatic rings. The van der Waals surface area contributed by atoms with Crippen LogP contribution in [0, 0.1) is 6.92 Å². The van der Waals surface area contributed by atoms with Crippen molar-refractivity contribution in [2.24, 2.45) is 0 Å². The lowest BCUT2D eigenvalue weighted by Crippen LogP contribution is -2.49. The molecule has 1 N–H and O–H groups in total. The highest BCUT2D eigenvalue weighted by Crippen LogP contribution is 2.20. The van der Waals surface area contributed by atoms with Gasteiger partial charge in [-0.2, -0.15) is 4.98 Å². The fraction of sp³-hybridized carbons (Fsp3) is 0.375. The van der Waals surface area contributed by atoms with Crippen LogP contribution in [0.4, 0.5) is 0 Å². The van der Waals surface area contributed by atoms with Gasteiger partial charge in [-0.05, 0) is 36.6 Å². The van der Waals surface area contributed by atoms with Gasteiger partial charge in [0.2, 0.25) is 17.6 Å². The summed E-state index contributed by atoms with van der Waals surface area (Å²) in [5.74, 6) is 1.32. The van der Waals surface area contributed by atoms with E-state index in [1.807, 2.05) is 55.5 Å². The van der Waals surface area contributed by atoms with Crippen LogP contribution in [0.25, 0.3) is 11.4 Å². The van der Waals surface area contributed by atoms with Crippen LogP contribution in [0.5, 0.6) is 0 Å². The summed E-state index contributed by atoms with van der Waals surface area (Å²) in [7, 11) is 0. The molecule has 1 saturated heterocycles. The minimum absolute atomic E-state index is 0.0622. The summed E-state index contributed by atoms with van der Waals surface area (Å²) in [4.78, 5) is 21.3. The molecule has 1 amide bonds. The van der Waals surface area contributed by atoms with Crippen molar-refractivity contribution >= 4 is 17.5 Å². The lowest BCUT2D eigenvalue weighted by atomic mass is 10.1. The number of carbonyl (C=O) groups is 1. The van der Waals surface area contributed by atoms with Gasteiger partial charge >= 0.3 is 0 Å². The molecule has 168 valence electrons. The average molecular weight is 454 g/mol. The quantitative estimate of drug-likeness (QED) is 0.564. The number of nitrogens with zero attached hydrogens (tertiary/aromatic N) is 4. The van der Waals surface area contributed by atoms with Gasteiger partial charge in [-0.1, -0.05) is 53.2 Å². The van der Waals surface area contributed by atoms with Crippen LogP contribution in [0.1, 0.15) is 17.0 Å². The standard InChI is InChI=1S/C24H28ClN5O2/c1-18-4-2-3-5-21(18)24-27-23(32-28-24)17-30-14-12-29(13-15-30)16-22(31)26-11-10-19-6-8-20(25)9-7-19/h2-9H,10-17H2,1H3,(H,26,31). The van der Waals surface area contributed by atoms with Crippen molar-refractivity contribution in [2.45, 2.75) is 19.9 Å². The highest BCUT2D eigenvalue weighted by atomic mass is 35.5. The Labute approximate surface area is 193 Å². The second-order valence-electron chi connectivity index (χ2n) is 8.11. The van der Waals surface area contributed by atoms with E-state index in [0.29, 0.717) is 31.3 Å². The van der Waals surface area contributed by atoms with Gasteiger partial charge < -0.3 is 9.84 Å². The van der Waals surface area contributed by atoms with Crippen molar-refractivity contribution in [3.05, 3.63) is 70.6 Å². The minimum atomic E-state index is 0.0622. The summed E-state index contributed by atoms with van der Waals surface area (Å²) >= 11 is 5.90. The first-order valence-corrected chi connectivity index (χ1v) is 11.3. The molecule has 32 heavy (non-hydrogen) atoms. The molecule has 1 aromatic heterocycles. The number of hydrogen-bond acceptors (Lipinski definition) is 6. The minimum Gasteiger partial charge on any atom is -0.355 e. The third-order valence-electron chi connectivity index (χ3n) is 5.69. The maximum absolute atomic E-state index is 12.3. The fourth-order valence-corrected chi connectivity index (χ4v) is 3.93. The number of aromatic nitrogens is 2. The Kier molecular flexibility index (Phi) is 7.52. The Morgan fingerprint density at radius 1 is 1.06 bits per heavy atom. The van der Waals surface area contributed by atoms with Gasteiger partial charge in [-0.25, -0.2) is 0 Å². The molecule has 0 bridgehead atoms. The molecule has 0 spiro atoms. The molecular formula is C24H28ClN5O2. The predicted octanol–water partition coefficient (Wildman–Crippen LogP) is 3.17. The summed E-state index contributed by atoms with van der Waals surface area (Å²) in [5, 5.41) is 7.87. The molecule has 2 aromatic carbocycles. The summed E-state index contributed by atoms with van der Waals surface area (Å²) in [6, 6.07) is 15.7. The number of benzene rings is 2. The third-order valence-corrected chi connectivity index (χ3v) is 5.95. The van der Waals surface area contributed by atoms with Crippen molar-refractivity contribution in [1.82, 2.24) is 25.3 Å². The zero-order chi connectivity index (χ0) is 22.3. The largest absolute Gasteiger partial charge is 0.355 e. The van der Waals surface area contributed by atoms with Crippen molar-refractivity contribution in [3.63, 3.8) is 0 Å². The molecule has 0 radical (unpaired) electrons. The third kappa shape index (κ3) is 6.16. The number of amides is 1. The van der Waals surface area contributed by atoms with E-state index in [2.05, 4.69) is 25.3 Å². The molecule has 7 nitrogen and oxygen atoms in total. The monoisotopic (exact) mass is 453 g/mol. The second kappa shape index (κ2) is 10.7. The van der Waals surface area contributed by atoms with E-state index in [4.69, 9.17) is 16.1 Å². The van der Waals surface area contributed by atoms with E-state index < -0.39 is 0 Å². The van der Waals surface area contributed by atoms with Gasteiger partial charge in [0.25, 0.3) is 0 Å². The Morgan fingerprint density at radius 3 is 2.53 bits per heavy atom. The average Bonchev–Trinajstić information content (AvgIpc) is 3.25. The van der Waals surface area contributed by atoms with E-state index in [1.165, 1.54) is 0 Å². The SMILES string of the molecule is Cc1ccccc1-c1noc(CN2CCN(CC(=O)NCCc3ccc(Cl)cc3)CC2)n1. The molecule has 4 rings (SSSR count). The molecule has 1 aliphatic heterocycles. The second-order valence-corrected chi connectivity index (χ2v) is 8.54. The van der Waals surface area contributed by atoms with Crippen LogP contribution in [0.15, 0.2) is 53.1 Å². The number of aryl methyl sites for hydroxylation is 1. The molecule has 0 atom stereocenters. The van der Waals surface area contributed by atoms with Crippen LogP contribution in [-0.4, -0.2) is 65.1 Å². The van der Waals surface area contributed by atoms with Gasteiger partial charge in [0.05, 0.1) is 13.1 Å². The zero-order valence-electron chi connectivity index (χ0n) is 18.3. The maximum atomic E-state index is 12.3. The summed E-state index contributed by atoms with van der Waals surface area (Å²) in [6.45, 7) is 7.11. The Hall–Kier alpha value is -2.74. The van der Waals surface area contributed by atoms with Crippen molar-refractivity contribution < 1.29 is 9.32 Å². The smallest absolute Gasteiger partial charge is 0.241 e. The summed E-state index contributed by atoms with van der Waals surface area (Å²) in [5.41, 5.74) is 3.28. The number of piperazine rings is 1. The van der Waals surface area contributed by atoms with E-state index >= 15 is 0 Å². The van der Waals surface area contributed by atoms with E-state index in [9.17, 15) is 4.79 Å². The molecule has 2 heterocycles. The predicted molar refractivity (Wildman–Crippen MR) is 124 cm³/mol. The summed E-state index contributed by atoms with van der Waals surface area (Å²) < 4.78 is 5.47. The number of carbonyl (C=O) groups excluding carboxylic acids is 1. The number of halogens is 1. The first kappa shape index (κ1) is 22.5. The lowest BCUT2D eigenvalue weighted by Gasteiger charge is -2.33. The zero-order valence-corrected chi connectivity index (χ0v) is 19.0. The van der Waals surface area contributed by atoms with Crippen LogP contribution in [0.2, 0.25) is 5.02 Å². The Morgan fingerprint density at radius 2 is 1.78 bits per heavy atom. The lowest BCUT2D eigenvalue weighted by molar-refractivity contribution is -0.122. The van der Waals surface area contributed by atoms with E-state index in [0.717, 1.165) is 54.3 Å². The van der Waals surface area contributed by atoms with Gasteiger partial charge in [-0.15, -0.1) is 0 Å². The van der Waals surface area contributed by atoms with Crippen molar-refractivity contribution in [3.8, 4) is 11.4 Å². The van der Waals surface area contributed by atoms with Crippen LogP contribution in [0.3, 0.4) is 0 Å². The fourth-order valence-electron chi connectivity index (χ4n) is 3.81. The van der Waals surface area contributed by atoms with Crippen molar-refractivity contribution in [1.29, 1.82) is 0 Å². The molecular weight excluding hydrogens is 426 g/mol. The van der Waals surface area contributed by atoms with Crippen LogP contribution < -0.4 is 5.32 Å². The molecule has 0 unspecified atom stereocenters. The van der Waals surface area contributed by atoms with E-state index in [-0.39, 0.29) is 5.91 Å². The highest BCUT2D eigenvalue weighted by Gasteiger charge is 2.21. The molecule has 0 saturated carbocycles. The van der Waals surface area contributed by atoms with Gasteiger partial charge in [0.1, 0.15) is 0 Å². The van der Waals surface area contributed by atoms with Crippen LogP contribution >= 0.6 is 11.6 Å². The number of nitrogens with one attached hydrogen (secondary N) is 1. The molecule has 1 aliphatic rings. The Balaban J connectivity index is 1.17. The topological polar surface area (TPSA) is 74.5 Å². The normalized spacial score (nSPS) is 15.1. The van der Waals surface area contributed by atoms with Gasteiger partial charge in [0.15, 0.2) is 0 Å². The highest BCUT2D eigenvalue weighted by molar-refractivity contribution is 6.30. The molecule has 0 aliphatic carbocycles.